The zero-order valence-electron chi connectivity index (χ0n) is 7.92. The van der Waals surface area contributed by atoms with Gasteiger partial charge in [-0.25, -0.2) is 0 Å². The normalized spacial score (nSPS) is 15.2. The molecular weight excluding hydrogens is 216 g/mol. The van der Waals surface area contributed by atoms with Crippen LogP contribution in [0, 0.1) is 0 Å². The third-order valence-corrected chi connectivity index (χ3v) is 3.02. The standard InChI is InChI=1S/C9H10N2O3S/c12-7-3-4-11(6-1-2-6)9(10-7)15-5-8(13)14/h3-4,6H,1-2,5H2,(H,13,14). The maximum atomic E-state index is 11.0. The van der Waals surface area contributed by atoms with Crippen LogP contribution in [0.5, 0.6) is 0 Å². The molecule has 15 heavy (non-hydrogen) atoms. The van der Waals surface area contributed by atoms with Crippen LogP contribution in [-0.4, -0.2) is 26.4 Å². The van der Waals surface area contributed by atoms with Gasteiger partial charge in [-0.2, -0.15) is 4.98 Å². The zero-order chi connectivity index (χ0) is 10.8. The molecule has 1 N–H and O–H groups in total. The first-order chi connectivity index (χ1) is 7.16. The summed E-state index contributed by atoms with van der Waals surface area (Å²) in [6.45, 7) is 0. The van der Waals surface area contributed by atoms with Crippen molar-refractivity contribution in [3.8, 4) is 0 Å². The van der Waals surface area contributed by atoms with Gasteiger partial charge in [0.1, 0.15) is 0 Å². The number of carbonyl (C=O) groups is 1. The van der Waals surface area contributed by atoms with Crippen LogP contribution in [0.15, 0.2) is 22.2 Å². The fourth-order valence-electron chi connectivity index (χ4n) is 1.26. The van der Waals surface area contributed by atoms with Gasteiger partial charge in [0.15, 0.2) is 5.16 Å². The Labute approximate surface area is 90.1 Å². The van der Waals surface area contributed by atoms with E-state index < -0.39 is 5.97 Å². The molecule has 0 atom stereocenters. The molecule has 80 valence electrons. The summed E-state index contributed by atoms with van der Waals surface area (Å²) < 4.78 is 1.88. The smallest absolute Gasteiger partial charge is 0.313 e. The SMILES string of the molecule is O=C(O)CSc1nc(=O)ccn1C1CC1. The molecule has 0 saturated heterocycles. The van der Waals surface area contributed by atoms with Gasteiger partial charge in [-0.1, -0.05) is 11.8 Å². The molecule has 1 heterocycles. The lowest BCUT2D eigenvalue weighted by Gasteiger charge is -2.08. The van der Waals surface area contributed by atoms with Crippen LogP contribution in [-0.2, 0) is 4.79 Å². The number of aliphatic carboxylic acids is 1. The molecule has 0 amide bonds. The average molecular weight is 226 g/mol. The average Bonchev–Trinajstić information content (AvgIpc) is 2.98. The van der Waals surface area contributed by atoms with E-state index >= 15 is 0 Å². The Morgan fingerprint density at radius 2 is 2.40 bits per heavy atom. The van der Waals surface area contributed by atoms with Crippen LogP contribution < -0.4 is 5.56 Å². The lowest BCUT2D eigenvalue weighted by molar-refractivity contribution is -0.133. The van der Waals surface area contributed by atoms with Gasteiger partial charge in [0.25, 0.3) is 5.56 Å². The highest BCUT2D eigenvalue weighted by molar-refractivity contribution is 7.99. The predicted octanol–water partition coefficient (Wildman–Crippen LogP) is 0.755. The van der Waals surface area contributed by atoms with Gasteiger partial charge >= 0.3 is 5.97 Å². The molecule has 2 rings (SSSR count). The van der Waals surface area contributed by atoms with Crippen molar-refractivity contribution in [2.24, 2.45) is 0 Å². The summed E-state index contributed by atoms with van der Waals surface area (Å²) in [6.07, 6.45) is 3.84. The Kier molecular flexibility index (Phi) is 2.77. The molecule has 5 nitrogen and oxygen atoms in total. The molecule has 1 aromatic rings. The summed E-state index contributed by atoms with van der Waals surface area (Å²) in [4.78, 5) is 25.3. The van der Waals surface area contributed by atoms with Gasteiger partial charge in [0, 0.05) is 18.3 Å². The van der Waals surface area contributed by atoms with Crippen LogP contribution in [0.4, 0.5) is 0 Å². The van der Waals surface area contributed by atoms with E-state index in [1.807, 2.05) is 4.57 Å². The summed E-state index contributed by atoms with van der Waals surface area (Å²) >= 11 is 1.09. The van der Waals surface area contributed by atoms with Crippen molar-refractivity contribution < 1.29 is 9.90 Å². The van der Waals surface area contributed by atoms with E-state index in [9.17, 15) is 9.59 Å². The second kappa shape index (κ2) is 4.06. The maximum Gasteiger partial charge on any atom is 0.313 e. The summed E-state index contributed by atoms with van der Waals surface area (Å²) in [6, 6.07) is 1.80. The van der Waals surface area contributed by atoms with Crippen LogP contribution in [0.2, 0.25) is 0 Å². The summed E-state index contributed by atoms with van der Waals surface area (Å²) in [5.41, 5.74) is -0.320. The number of thioether (sulfide) groups is 1. The largest absolute Gasteiger partial charge is 0.481 e. The van der Waals surface area contributed by atoms with Crippen molar-refractivity contribution in [1.29, 1.82) is 0 Å². The zero-order valence-corrected chi connectivity index (χ0v) is 8.74. The first kappa shape index (κ1) is 10.2. The van der Waals surface area contributed by atoms with Crippen LogP contribution in [0.25, 0.3) is 0 Å². The highest BCUT2D eigenvalue weighted by Gasteiger charge is 2.25. The second-order valence-corrected chi connectivity index (χ2v) is 4.31. The Hall–Kier alpha value is -1.30. The summed E-state index contributed by atoms with van der Waals surface area (Å²) in [5.74, 6) is -0.969. The topological polar surface area (TPSA) is 72.2 Å². The van der Waals surface area contributed by atoms with Gasteiger partial charge in [-0.3, -0.25) is 9.59 Å². The molecule has 0 spiro atoms. The number of carboxylic acid groups (broad SMARTS) is 1. The van der Waals surface area contributed by atoms with Crippen molar-refractivity contribution in [2.45, 2.75) is 24.0 Å². The van der Waals surface area contributed by atoms with Gasteiger partial charge in [0.2, 0.25) is 0 Å². The highest BCUT2D eigenvalue weighted by Crippen LogP contribution is 2.36. The molecular formula is C9H10N2O3S. The first-order valence-electron chi connectivity index (χ1n) is 4.60. The lowest BCUT2D eigenvalue weighted by atomic mass is 10.6. The molecule has 6 heteroatoms. The fraction of sp³-hybridized carbons (Fsp3) is 0.444. The highest BCUT2D eigenvalue weighted by atomic mass is 32.2. The van der Waals surface area contributed by atoms with Gasteiger partial charge in [-0.15, -0.1) is 0 Å². The van der Waals surface area contributed by atoms with E-state index in [0.29, 0.717) is 11.2 Å². The number of nitrogens with zero attached hydrogens (tertiary/aromatic N) is 2. The van der Waals surface area contributed by atoms with Crippen molar-refractivity contribution in [2.75, 3.05) is 5.75 Å². The van der Waals surface area contributed by atoms with E-state index in [1.165, 1.54) is 6.07 Å². The molecule has 0 bridgehead atoms. The van der Waals surface area contributed by atoms with Crippen molar-refractivity contribution in [1.82, 2.24) is 9.55 Å². The van der Waals surface area contributed by atoms with Gasteiger partial charge in [0.05, 0.1) is 5.75 Å². The van der Waals surface area contributed by atoms with E-state index in [-0.39, 0.29) is 11.3 Å². The van der Waals surface area contributed by atoms with E-state index in [0.717, 1.165) is 24.6 Å². The number of hydrogen-bond acceptors (Lipinski definition) is 4. The molecule has 1 fully saturated rings. The van der Waals surface area contributed by atoms with Crippen LogP contribution in [0.3, 0.4) is 0 Å². The quantitative estimate of drug-likeness (QED) is 0.606. The summed E-state index contributed by atoms with van der Waals surface area (Å²) in [7, 11) is 0. The van der Waals surface area contributed by atoms with E-state index in [2.05, 4.69) is 4.98 Å². The molecule has 1 aliphatic carbocycles. The Morgan fingerprint density at radius 3 is 3.00 bits per heavy atom. The molecule has 1 saturated carbocycles. The minimum atomic E-state index is -0.902. The van der Waals surface area contributed by atoms with Crippen molar-refractivity contribution >= 4 is 17.7 Å². The second-order valence-electron chi connectivity index (χ2n) is 3.37. The molecule has 0 radical (unpaired) electrons. The van der Waals surface area contributed by atoms with Crippen molar-refractivity contribution in [3.63, 3.8) is 0 Å². The van der Waals surface area contributed by atoms with Crippen LogP contribution >= 0.6 is 11.8 Å². The molecule has 1 aliphatic rings. The summed E-state index contributed by atoms with van der Waals surface area (Å²) in [5, 5.41) is 9.06. The molecule has 0 unspecified atom stereocenters. The number of carboxylic acids is 1. The lowest BCUT2D eigenvalue weighted by Crippen LogP contribution is -2.13. The minimum Gasteiger partial charge on any atom is -0.481 e. The number of aromatic nitrogens is 2. The molecule has 0 aromatic carbocycles. The first-order valence-corrected chi connectivity index (χ1v) is 5.59. The Morgan fingerprint density at radius 1 is 1.67 bits per heavy atom. The third kappa shape index (κ3) is 2.59. The maximum absolute atomic E-state index is 11.0. The Balaban J connectivity index is 2.22. The minimum absolute atomic E-state index is 0.0663. The third-order valence-electron chi connectivity index (χ3n) is 2.07. The van der Waals surface area contributed by atoms with Crippen LogP contribution in [0.1, 0.15) is 18.9 Å². The van der Waals surface area contributed by atoms with E-state index in [1.54, 1.807) is 6.20 Å². The fourth-order valence-corrected chi connectivity index (χ4v) is 2.03. The van der Waals surface area contributed by atoms with Crippen molar-refractivity contribution in [3.05, 3.63) is 22.6 Å². The monoisotopic (exact) mass is 226 g/mol. The van der Waals surface area contributed by atoms with Gasteiger partial charge < -0.3 is 9.67 Å². The predicted molar refractivity (Wildman–Crippen MR) is 55.1 cm³/mol. The van der Waals surface area contributed by atoms with Gasteiger partial charge in [-0.05, 0) is 12.8 Å². The van der Waals surface area contributed by atoms with E-state index in [4.69, 9.17) is 5.11 Å². The number of hydrogen-bond donors (Lipinski definition) is 1. The molecule has 0 aliphatic heterocycles. The Bertz CT molecular complexity index is 439. The molecule has 1 aromatic heterocycles. The number of rotatable bonds is 4.